The van der Waals surface area contributed by atoms with E-state index >= 15 is 0 Å². The molecule has 17 heavy (non-hydrogen) atoms. The number of carbonyl (C=O) groups is 1. The Labute approximate surface area is 105 Å². The Kier molecular flexibility index (Phi) is 3.88. The molecular formula is C13H14N2OS. The summed E-state index contributed by atoms with van der Waals surface area (Å²) in [5.74, 6) is 0.0315. The molecule has 2 rings (SSSR count). The van der Waals surface area contributed by atoms with E-state index in [4.69, 9.17) is 0 Å². The minimum absolute atomic E-state index is 0.0315. The minimum atomic E-state index is 0.0315. The molecule has 0 bridgehead atoms. The average Bonchev–Trinajstić information content (AvgIpc) is 2.83. The number of aromatic nitrogens is 1. The summed E-state index contributed by atoms with van der Waals surface area (Å²) in [4.78, 5) is 15.8. The summed E-state index contributed by atoms with van der Waals surface area (Å²) in [6.45, 7) is 2.02. The molecule has 0 saturated heterocycles. The number of benzene rings is 1. The maximum Gasteiger partial charge on any atom is 0.224 e. The summed E-state index contributed by atoms with van der Waals surface area (Å²) < 4.78 is 0. The number of hydrogen-bond donors (Lipinski definition) is 1. The quantitative estimate of drug-likeness (QED) is 0.901. The van der Waals surface area contributed by atoms with Gasteiger partial charge in [0.2, 0.25) is 5.91 Å². The molecule has 2 aromatic rings. The molecule has 0 radical (unpaired) electrons. The lowest BCUT2D eigenvalue weighted by molar-refractivity contribution is -0.116. The second-order valence-corrected chi connectivity index (χ2v) is 4.82. The Hall–Kier alpha value is -1.68. The van der Waals surface area contributed by atoms with Crippen molar-refractivity contribution in [3.63, 3.8) is 0 Å². The molecule has 1 heterocycles. The van der Waals surface area contributed by atoms with Crippen LogP contribution in [0.15, 0.2) is 35.8 Å². The topological polar surface area (TPSA) is 42.0 Å². The Morgan fingerprint density at radius 3 is 2.76 bits per heavy atom. The fraction of sp³-hybridized carbons (Fsp3) is 0.231. The van der Waals surface area contributed by atoms with Crippen molar-refractivity contribution >= 4 is 22.9 Å². The first kappa shape index (κ1) is 11.8. The van der Waals surface area contributed by atoms with Crippen molar-refractivity contribution in [2.45, 2.75) is 19.8 Å². The van der Waals surface area contributed by atoms with Crippen LogP contribution in [0, 0.1) is 6.92 Å². The highest BCUT2D eigenvalue weighted by atomic mass is 32.1. The largest absolute Gasteiger partial charge is 0.326 e. The van der Waals surface area contributed by atoms with Crippen molar-refractivity contribution in [3.8, 4) is 0 Å². The maximum atomic E-state index is 11.7. The summed E-state index contributed by atoms with van der Waals surface area (Å²) in [5.41, 5.74) is 2.03. The molecule has 0 aliphatic heterocycles. The molecule has 0 unspecified atom stereocenters. The number of anilines is 1. The molecule has 0 atom stereocenters. The molecule has 0 saturated carbocycles. The smallest absolute Gasteiger partial charge is 0.224 e. The summed E-state index contributed by atoms with van der Waals surface area (Å²) in [6.07, 6.45) is 2.94. The zero-order valence-corrected chi connectivity index (χ0v) is 10.5. The fourth-order valence-corrected chi connectivity index (χ4v) is 2.08. The predicted molar refractivity (Wildman–Crippen MR) is 70.2 cm³/mol. The first-order valence-electron chi connectivity index (χ1n) is 5.49. The maximum absolute atomic E-state index is 11.7. The van der Waals surface area contributed by atoms with E-state index in [0.717, 1.165) is 10.7 Å². The van der Waals surface area contributed by atoms with E-state index in [1.165, 1.54) is 5.56 Å². The van der Waals surface area contributed by atoms with Gasteiger partial charge in [0.15, 0.2) is 0 Å². The number of rotatable bonds is 4. The van der Waals surface area contributed by atoms with E-state index in [1.54, 1.807) is 17.5 Å². The lowest BCUT2D eigenvalue weighted by Crippen LogP contribution is -2.12. The van der Waals surface area contributed by atoms with Gasteiger partial charge in [0.25, 0.3) is 0 Å². The van der Waals surface area contributed by atoms with Crippen LogP contribution in [0.5, 0.6) is 0 Å². The molecule has 3 nitrogen and oxygen atoms in total. The third kappa shape index (κ3) is 3.67. The molecule has 0 aliphatic carbocycles. The van der Waals surface area contributed by atoms with Gasteiger partial charge < -0.3 is 5.32 Å². The highest BCUT2D eigenvalue weighted by Crippen LogP contribution is 2.11. The molecule has 0 aliphatic rings. The Morgan fingerprint density at radius 2 is 2.12 bits per heavy atom. The van der Waals surface area contributed by atoms with Crippen molar-refractivity contribution in [1.82, 2.24) is 4.98 Å². The fourth-order valence-electron chi connectivity index (χ4n) is 1.46. The van der Waals surface area contributed by atoms with Crippen LogP contribution >= 0.6 is 11.3 Å². The van der Waals surface area contributed by atoms with Crippen LogP contribution in [0.3, 0.4) is 0 Å². The summed E-state index contributed by atoms with van der Waals surface area (Å²) in [5, 5.41) is 5.80. The van der Waals surface area contributed by atoms with Gasteiger partial charge in [-0.2, -0.15) is 0 Å². The number of nitrogens with one attached hydrogen (secondary N) is 1. The monoisotopic (exact) mass is 246 g/mol. The van der Waals surface area contributed by atoms with E-state index < -0.39 is 0 Å². The average molecular weight is 246 g/mol. The minimum Gasteiger partial charge on any atom is -0.326 e. The third-order valence-corrected chi connectivity index (χ3v) is 3.22. The zero-order valence-electron chi connectivity index (χ0n) is 9.64. The number of carbonyl (C=O) groups excluding carboxylic acids is 1. The van der Waals surface area contributed by atoms with Crippen LogP contribution in [0.4, 0.5) is 5.69 Å². The van der Waals surface area contributed by atoms with Gasteiger partial charge in [-0.25, -0.2) is 4.98 Å². The number of amides is 1. The van der Waals surface area contributed by atoms with E-state index in [2.05, 4.69) is 10.3 Å². The molecule has 1 amide bonds. The van der Waals surface area contributed by atoms with Gasteiger partial charge in [0, 0.05) is 30.1 Å². The van der Waals surface area contributed by atoms with Gasteiger partial charge in [0.05, 0.1) is 5.01 Å². The van der Waals surface area contributed by atoms with Crippen molar-refractivity contribution in [1.29, 1.82) is 0 Å². The Bertz CT molecular complexity index is 477. The van der Waals surface area contributed by atoms with E-state index in [-0.39, 0.29) is 5.91 Å². The highest BCUT2D eigenvalue weighted by molar-refractivity contribution is 7.09. The van der Waals surface area contributed by atoms with Gasteiger partial charge in [0.1, 0.15) is 0 Å². The van der Waals surface area contributed by atoms with Crippen LogP contribution in [0.25, 0.3) is 0 Å². The molecular weight excluding hydrogens is 232 g/mol. The van der Waals surface area contributed by atoms with Gasteiger partial charge in [-0.15, -0.1) is 11.3 Å². The van der Waals surface area contributed by atoms with Gasteiger partial charge in [-0.3, -0.25) is 4.79 Å². The van der Waals surface area contributed by atoms with Crippen LogP contribution in [-0.4, -0.2) is 10.9 Å². The lowest BCUT2D eigenvalue weighted by atomic mass is 10.2. The van der Waals surface area contributed by atoms with Crippen molar-refractivity contribution in [2.24, 2.45) is 0 Å². The molecule has 0 spiro atoms. The van der Waals surface area contributed by atoms with Crippen LogP contribution in [0.1, 0.15) is 17.0 Å². The molecule has 1 aromatic carbocycles. The molecule has 4 heteroatoms. The predicted octanol–water partition coefficient (Wildman–Crippen LogP) is 3.02. The zero-order chi connectivity index (χ0) is 12.1. The second kappa shape index (κ2) is 5.59. The van der Waals surface area contributed by atoms with E-state index in [1.807, 2.05) is 36.6 Å². The van der Waals surface area contributed by atoms with E-state index in [0.29, 0.717) is 12.8 Å². The molecule has 88 valence electrons. The number of thiazole rings is 1. The van der Waals surface area contributed by atoms with Crippen molar-refractivity contribution in [2.75, 3.05) is 5.32 Å². The first-order valence-corrected chi connectivity index (χ1v) is 6.37. The highest BCUT2D eigenvalue weighted by Gasteiger charge is 2.04. The summed E-state index contributed by atoms with van der Waals surface area (Å²) in [6, 6.07) is 7.79. The number of aryl methyl sites for hydroxylation is 2. The second-order valence-electron chi connectivity index (χ2n) is 3.84. The molecule has 0 fully saturated rings. The van der Waals surface area contributed by atoms with Crippen molar-refractivity contribution in [3.05, 3.63) is 46.4 Å². The van der Waals surface area contributed by atoms with E-state index in [9.17, 15) is 4.79 Å². The number of nitrogens with zero attached hydrogens (tertiary/aromatic N) is 1. The SMILES string of the molecule is Cc1ccc(NC(=O)CCc2nccs2)cc1. The Morgan fingerprint density at radius 1 is 1.35 bits per heavy atom. The van der Waals surface area contributed by atoms with Gasteiger partial charge in [-0.1, -0.05) is 17.7 Å². The van der Waals surface area contributed by atoms with Crippen LogP contribution in [-0.2, 0) is 11.2 Å². The standard InChI is InChI=1S/C13H14N2OS/c1-10-2-4-11(5-3-10)15-12(16)6-7-13-14-8-9-17-13/h2-5,8-9H,6-7H2,1H3,(H,15,16). The van der Waals surface area contributed by atoms with Crippen LogP contribution < -0.4 is 5.32 Å². The Balaban J connectivity index is 1.83. The van der Waals surface area contributed by atoms with Crippen LogP contribution in [0.2, 0.25) is 0 Å². The number of hydrogen-bond acceptors (Lipinski definition) is 3. The lowest BCUT2D eigenvalue weighted by Gasteiger charge is -2.04. The van der Waals surface area contributed by atoms with Crippen molar-refractivity contribution < 1.29 is 4.79 Å². The molecule has 1 N–H and O–H groups in total. The third-order valence-electron chi connectivity index (χ3n) is 2.38. The van der Waals surface area contributed by atoms with Gasteiger partial charge in [-0.05, 0) is 19.1 Å². The molecule has 1 aromatic heterocycles. The first-order chi connectivity index (χ1) is 8.24. The normalized spacial score (nSPS) is 10.2. The summed E-state index contributed by atoms with van der Waals surface area (Å²) >= 11 is 1.58. The van der Waals surface area contributed by atoms with Gasteiger partial charge >= 0.3 is 0 Å². The summed E-state index contributed by atoms with van der Waals surface area (Å²) in [7, 11) is 0.